The van der Waals surface area contributed by atoms with Gasteiger partial charge in [0.05, 0.1) is 22.4 Å². The van der Waals surface area contributed by atoms with Crippen LogP contribution in [0.2, 0.25) is 0 Å². The lowest BCUT2D eigenvalue weighted by Gasteiger charge is -2.24. The highest BCUT2D eigenvalue weighted by atomic mass is 32.2. The number of nitrogens with one attached hydrogen (secondary N) is 1. The van der Waals surface area contributed by atoms with Crippen LogP contribution in [0.15, 0.2) is 78.9 Å². The first-order valence-corrected chi connectivity index (χ1v) is 14.4. The first-order chi connectivity index (χ1) is 18.9. The zero-order valence-electron chi connectivity index (χ0n) is 22.8. The molecule has 1 N–H and O–H groups in total. The van der Waals surface area contributed by atoms with Gasteiger partial charge in [0.1, 0.15) is 12.4 Å². The summed E-state index contributed by atoms with van der Waals surface area (Å²) in [5.41, 5.74) is 6.93. The van der Waals surface area contributed by atoms with E-state index in [-0.39, 0.29) is 35.4 Å². The molecule has 0 saturated carbocycles. The molecule has 4 aromatic rings. The van der Waals surface area contributed by atoms with Crippen LogP contribution in [-0.2, 0) is 9.59 Å². The van der Waals surface area contributed by atoms with Crippen molar-refractivity contribution < 1.29 is 9.59 Å². The van der Waals surface area contributed by atoms with Crippen LogP contribution in [0.5, 0.6) is 0 Å². The predicted octanol–water partition coefficient (Wildman–Crippen LogP) is 6.24. The highest BCUT2D eigenvalue weighted by Crippen LogP contribution is 2.48. The minimum absolute atomic E-state index is 0.0232. The number of amides is 2. The second-order valence-corrected chi connectivity index (χ2v) is 11.3. The Labute approximate surface area is 234 Å². The molecule has 1 aliphatic rings. The second-order valence-electron chi connectivity index (χ2n) is 10.2. The largest absolute Gasteiger partial charge is 0.352 e. The summed E-state index contributed by atoms with van der Waals surface area (Å²) < 4.78 is 1.85. The summed E-state index contributed by atoms with van der Waals surface area (Å²) in [6.45, 7) is 8.06. The minimum atomic E-state index is -0.180. The van der Waals surface area contributed by atoms with E-state index in [1.807, 2.05) is 74.0 Å². The van der Waals surface area contributed by atoms with E-state index >= 15 is 0 Å². The molecule has 0 unspecified atom stereocenters. The number of rotatable bonds is 7. The van der Waals surface area contributed by atoms with Crippen molar-refractivity contribution in [3.63, 3.8) is 0 Å². The Morgan fingerprint density at radius 3 is 2.44 bits per heavy atom. The van der Waals surface area contributed by atoms with Crippen LogP contribution in [0.3, 0.4) is 0 Å². The van der Waals surface area contributed by atoms with Crippen molar-refractivity contribution in [2.75, 3.05) is 17.2 Å². The molecule has 2 heterocycles. The van der Waals surface area contributed by atoms with E-state index in [2.05, 4.69) is 42.6 Å². The van der Waals surface area contributed by atoms with Crippen molar-refractivity contribution in [2.24, 2.45) is 0 Å². The molecule has 6 nitrogen and oxygen atoms in total. The number of nitrogens with zero attached hydrogens (tertiary/aromatic N) is 3. The fourth-order valence-electron chi connectivity index (χ4n) is 4.93. The number of aromatic nitrogens is 2. The lowest BCUT2D eigenvalue weighted by atomic mass is 9.98. The van der Waals surface area contributed by atoms with Crippen molar-refractivity contribution in [3.8, 4) is 16.9 Å². The molecule has 0 radical (unpaired) electrons. The van der Waals surface area contributed by atoms with Crippen molar-refractivity contribution in [3.05, 3.63) is 101 Å². The Kier molecular flexibility index (Phi) is 7.89. The molecule has 0 aliphatic carbocycles. The fourth-order valence-corrected chi connectivity index (χ4v) is 6.12. The molecule has 3 aromatic carbocycles. The van der Waals surface area contributed by atoms with Crippen LogP contribution in [0, 0.1) is 13.8 Å². The molecule has 0 fully saturated rings. The van der Waals surface area contributed by atoms with Gasteiger partial charge in [-0.3, -0.25) is 14.5 Å². The number of carbonyl (C=O) groups excluding carboxylic acids is 2. The smallest absolute Gasteiger partial charge is 0.240 e. The lowest BCUT2D eigenvalue weighted by Crippen LogP contribution is -2.44. The number of anilines is 1. The summed E-state index contributed by atoms with van der Waals surface area (Å²) in [5.74, 6) is 0.622. The van der Waals surface area contributed by atoms with Gasteiger partial charge in [0.15, 0.2) is 0 Å². The number of hydrogen-bond acceptors (Lipinski definition) is 4. The molecular formula is C32H34N4O2S. The Bertz CT molecular complexity index is 1500. The minimum Gasteiger partial charge on any atom is -0.352 e. The van der Waals surface area contributed by atoms with Gasteiger partial charge in [0, 0.05) is 17.2 Å². The third kappa shape index (κ3) is 5.64. The third-order valence-corrected chi connectivity index (χ3v) is 8.30. The van der Waals surface area contributed by atoms with E-state index < -0.39 is 0 Å². The number of aryl methyl sites for hydroxylation is 2. The van der Waals surface area contributed by atoms with E-state index in [0.29, 0.717) is 5.82 Å². The zero-order valence-corrected chi connectivity index (χ0v) is 23.7. The van der Waals surface area contributed by atoms with Gasteiger partial charge in [-0.1, -0.05) is 79.2 Å². The van der Waals surface area contributed by atoms with E-state index in [4.69, 9.17) is 5.10 Å². The monoisotopic (exact) mass is 538 g/mol. The van der Waals surface area contributed by atoms with E-state index in [9.17, 15) is 9.59 Å². The van der Waals surface area contributed by atoms with Gasteiger partial charge in [-0.15, -0.1) is 11.8 Å². The maximum Gasteiger partial charge on any atom is 0.240 e. The number of thioether (sulfide) groups is 1. The zero-order chi connectivity index (χ0) is 27.5. The first kappa shape index (κ1) is 26.8. The molecule has 5 rings (SSSR count). The summed E-state index contributed by atoms with van der Waals surface area (Å²) in [4.78, 5) is 28.6. The predicted molar refractivity (Wildman–Crippen MR) is 159 cm³/mol. The average molecular weight is 539 g/mol. The van der Waals surface area contributed by atoms with Crippen LogP contribution < -0.4 is 10.2 Å². The molecule has 1 aliphatic heterocycles. The summed E-state index contributed by atoms with van der Waals surface area (Å²) in [7, 11) is 0. The van der Waals surface area contributed by atoms with Crippen LogP contribution in [0.4, 0.5) is 5.82 Å². The highest BCUT2D eigenvalue weighted by Gasteiger charge is 2.37. The van der Waals surface area contributed by atoms with Gasteiger partial charge in [0.25, 0.3) is 0 Å². The van der Waals surface area contributed by atoms with Gasteiger partial charge >= 0.3 is 0 Å². The first-order valence-electron chi connectivity index (χ1n) is 13.4. The molecule has 7 heteroatoms. The number of benzene rings is 3. The van der Waals surface area contributed by atoms with Crippen molar-refractivity contribution in [2.45, 2.75) is 45.4 Å². The van der Waals surface area contributed by atoms with Gasteiger partial charge in [-0.05, 0) is 50.5 Å². The molecule has 0 saturated heterocycles. The summed E-state index contributed by atoms with van der Waals surface area (Å²) in [5, 5.41) is 8.06. The standard InChI is InChI=1S/C32H34N4O2S/c1-5-23(4)33-27(37)19-35-28(38)20-39-31(25-15-9-11-21(2)17-25)29-30(24-13-7-6-8-14-24)34-36(32(29)35)26-16-10-12-22(3)18-26/h6-18,23,31H,5,19-20H2,1-4H3,(H,33,37)/t23-,31-/m1/s1. The summed E-state index contributed by atoms with van der Waals surface area (Å²) in [6.07, 6.45) is 0.815. The van der Waals surface area contributed by atoms with Crippen LogP contribution in [0.25, 0.3) is 16.9 Å². The lowest BCUT2D eigenvalue weighted by molar-refractivity contribution is -0.123. The van der Waals surface area contributed by atoms with Crippen LogP contribution in [0.1, 0.15) is 47.8 Å². The van der Waals surface area contributed by atoms with Crippen molar-refractivity contribution in [1.29, 1.82) is 0 Å². The maximum atomic E-state index is 13.8. The molecule has 2 atom stereocenters. The normalized spacial score (nSPS) is 15.9. The van der Waals surface area contributed by atoms with Gasteiger partial charge in [0.2, 0.25) is 11.8 Å². The van der Waals surface area contributed by atoms with E-state index in [1.54, 1.807) is 16.7 Å². The maximum absolute atomic E-state index is 13.8. The molecule has 0 spiro atoms. The van der Waals surface area contributed by atoms with Gasteiger partial charge < -0.3 is 5.32 Å². The molecule has 0 bridgehead atoms. The SMILES string of the molecule is CC[C@@H](C)NC(=O)CN1C(=O)CS[C@H](c2cccc(C)c2)c2c(-c3ccccc3)nn(-c3cccc(C)c3)c21. The molecule has 200 valence electrons. The van der Waals surface area contributed by atoms with Crippen LogP contribution >= 0.6 is 11.8 Å². The summed E-state index contributed by atoms with van der Waals surface area (Å²) >= 11 is 1.59. The Morgan fingerprint density at radius 2 is 1.74 bits per heavy atom. The quantitative estimate of drug-likeness (QED) is 0.302. The molecule has 39 heavy (non-hydrogen) atoms. The Balaban J connectivity index is 1.78. The number of fused-ring (bicyclic) bond motifs is 1. The Hall–Kier alpha value is -3.84. The highest BCUT2D eigenvalue weighted by molar-refractivity contribution is 8.00. The Morgan fingerprint density at radius 1 is 1.03 bits per heavy atom. The van der Waals surface area contributed by atoms with E-state index in [0.717, 1.165) is 45.6 Å². The average Bonchev–Trinajstić information content (AvgIpc) is 3.26. The molecule has 1 aromatic heterocycles. The third-order valence-electron chi connectivity index (χ3n) is 7.05. The van der Waals surface area contributed by atoms with Crippen molar-refractivity contribution >= 4 is 29.4 Å². The summed E-state index contributed by atoms with van der Waals surface area (Å²) in [6, 6.07) is 26.6. The molecular weight excluding hydrogens is 504 g/mol. The second kappa shape index (κ2) is 11.5. The number of carbonyl (C=O) groups is 2. The van der Waals surface area contributed by atoms with Crippen molar-refractivity contribution in [1.82, 2.24) is 15.1 Å². The van der Waals surface area contributed by atoms with E-state index in [1.165, 1.54) is 0 Å². The topological polar surface area (TPSA) is 67.2 Å². The van der Waals surface area contributed by atoms with Gasteiger partial charge in [-0.25, -0.2) is 4.68 Å². The fraction of sp³-hybridized carbons (Fsp3) is 0.281. The number of hydrogen-bond donors (Lipinski definition) is 1. The van der Waals surface area contributed by atoms with Gasteiger partial charge in [-0.2, -0.15) is 5.10 Å². The molecule has 2 amide bonds. The van der Waals surface area contributed by atoms with Crippen LogP contribution in [-0.4, -0.2) is 39.9 Å².